The van der Waals surface area contributed by atoms with E-state index in [1.165, 1.54) is 5.56 Å². The zero-order valence-electron chi connectivity index (χ0n) is 15.0. The second kappa shape index (κ2) is 7.25. The molecule has 7 heteroatoms. The summed E-state index contributed by atoms with van der Waals surface area (Å²) in [4.78, 5) is 12.8. The maximum Gasteiger partial charge on any atom is 0.246 e. The summed E-state index contributed by atoms with van der Waals surface area (Å²) < 4.78 is 5.74. The third kappa shape index (κ3) is 4.09. The maximum absolute atomic E-state index is 5.74. The molecule has 0 aliphatic carbocycles. The third-order valence-corrected chi connectivity index (χ3v) is 3.86. The van der Waals surface area contributed by atoms with E-state index in [-0.39, 0.29) is 0 Å². The largest absolute Gasteiger partial charge is 0.439 e. The Hall–Kier alpha value is -3.74. The van der Waals surface area contributed by atoms with Crippen molar-refractivity contribution in [2.24, 2.45) is 0 Å². The first kappa shape index (κ1) is 16.7. The number of H-pyrrole nitrogens is 1. The highest BCUT2D eigenvalue weighted by atomic mass is 16.5. The summed E-state index contributed by atoms with van der Waals surface area (Å²) in [6.07, 6.45) is 1.67. The predicted molar refractivity (Wildman–Crippen MR) is 103 cm³/mol. The van der Waals surface area contributed by atoms with Crippen molar-refractivity contribution >= 4 is 11.6 Å². The molecule has 2 N–H and O–H groups in total. The van der Waals surface area contributed by atoms with Crippen LogP contribution in [0.1, 0.15) is 11.4 Å². The van der Waals surface area contributed by atoms with Gasteiger partial charge in [0.25, 0.3) is 0 Å². The molecule has 7 nitrogen and oxygen atoms in total. The van der Waals surface area contributed by atoms with Crippen LogP contribution in [-0.2, 0) is 0 Å². The molecule has 0 saturated carbocycles. The maximum atomic E-state index is 5.74. The monoisotopic (exact) mass is 358 g/mol. The molecule has 2 aromatic heterocycles. The summed E-state index contributed by atoms with van der Waals surface area (Å²) in [6.45, 7) is 3.86. The lowest BCUT2D eigenvalue weighted by Gasteiger charge is -2.05. The lowest BCUT2D eigenvalue weighted by atomic mass is 10.2. The Morgan fingerprint density at radius 1 is 0.963 bits per heavy atom. The number of aromatic nitrogens is 5. The highest BCUT2D eigenvalue weighted by Crippen LogP contribution is 2.24. The quantitative estimate of drug-likeness (QED) is 0.549. The van der Waals surface area contributed by atoms with Crippen LogP contribution < -0.4 is 10.1 Å². The number of nitrogens with zero attached hydrogens (tertiary/aromatic N) is 4. The number of ether oxygens (including phenoxy) is 1. The average Bonchev–Trinajstić information content (AvgIpc) is 3.11. The van der Waals surface area contributed by atoms with Gasteiger partial charge in [0, 0.05) is 23.5 Å². The minimum Gasteiger partial charge on any atom is -0.439 e. The average molecular weight is 358 g/mol. The minimum atomic E-state index is 0.513. The van der Waals surface area contributed by atoms with Crippen molar-refractivity contribution in [3.05, 3.63) is 72.2 Å². The van der Waals surface area contributed by atoms with E-state index in [1.54, 1.807) is 12.3 Å². The van der Waals surface area contributed by atoms with Crippen molar-refractivity contribution in [3.8, 4) is 23.0 Å². The molecule has 27 heavy (non-hydrogen) atoms. The van der Waals surface area contributed by atoms with Gasteiger partial charge in [0.15, 0.2) is 5.82 Å². The normalized spacial score (nSPS) is 10.6. The third-order valence-electron chi connectivity index (χ3n) is 3.86. The minimum absolute atomic E-state index is 0.513. The highest BCUT2D eigenvalue weighted by Gasteiger charge is 2.07. The topological polar surface area (TPSA) is 88.6 Å². The molecule has 2 heterocycles. The van der Waals surface area contributed by atoms with Crippen LogP contribution >= 0.6 is 0 Å². The Morgan fingerprint density at radius 3 is 2.59 bits per heavy atom. The number of nitrogens with one attached hydrogen (secondary N) is 2. The molecular formula is C20H18N6O. The van der Waals surface area contributed by atoms with Crippen LogP contribution in [-0.4, -0.2) is 25.1 Å². The zero-order chi connectivity index (χ0) is 18.6. The van der Waals surface area contributed by atoms with E-state index < -0.39 is 0 Å². The number of anilines is 2. The molecule has 0 fully saturated rings. The van der Waals surface area contributed by atoms with E-state index in [4.69, 9.17) is 4.74 Å². The van der Waals surface area contributed by atoms with Crippen LogP contribution in [0.25, 0.3) is 11.4 Å². The molecule has 0 amide bonds. The summed E-state index contributed by atoms with van der Waals surface area (Å²) in [5.74, 6) is 3.07. The standard InChI is InChI=1S/C20H18N6O/c1-13-4-3-5-16(12-13)23-20-24-19(25-26-20)15-6-8-17(9-7-15)27-18-10-11-21-14(2)22-18/h3-12H,1-2H3,(H2,23,24,25,26). The first-order valence-corrected chi connectivity index (χ1v) is 8.50. The van der Waals surface area contributed by atoms with Crippen molar-refractivity contribution in [2.45, 2.75) is 13.8 Å². The fraction of sp³-hybridized carbons (Fsp3) is 0.100. The smallest absolute Gasteiger partial charge is 0.246 e. The first-order valence-electron chi connectivity index (χ1n) is 8.50. The molecule has 0 bridgehead atoms. The van der Waals surface area contributed by atoms with Crippen molar-refractivity contribution < 1.29 is 4.74 Å². The Labute approximate surface area is 156 Å². The van der Waals surface area contributed by atoms with Crippen LogP contribution in [0, 0.1) is 13.8 Å². The molecule has 4 rings (SSSR count). The first-order chi connectivity index (χ1) is 13.2. The van der Waals surface area contributed by atoms with Crippen molar-refractivity contribution in [1.29, 1.82) is 0 Å². The van der Waals surface area contributed by atoms with Crippen molar-refractivity contribution in [2.75, 3.05) is 5.32 Å². The van der Waals surface area contributed by atoms with Crippen LogP contribution in [0.2, 0.25) is 0 Å². The summed E-state index contributed by atoms with van der Waals surface area (Å²) in [5, 5.41) is 10.4. The number of hydrogen-bond donors (Lipinski definition) is 2. The van der Waals surface area contributed by atoms with Gasteiger partial charge in [0.05, 0.1) is 0 Å². The molecule has 0 aliphatic rings. The molecule has 0 atom stereocenters. The molecule has 0 radical (unpaired) electrons. The van der Waals surface area contributed by atoms with Gasteiger partial charge >= 0.3 is 0 Å². The van der Waals surface area contributed by atoms with Gasteiger partial charge in [-0.3, -0.25) is 5.10 Å². The Bertz CT molecular complexity index is 1060. The second-order valence-corrected chi connectivity index (χ2v) is 6.07. The molecule has 0 saturated heterocycles. The molecule has 0 unspecified atom stereocenters. The number of rotatable bonds is 5. The molecule has 134 valence electrons. The van der Waals surface area contributed by atoms with Crippen molar-refractivity contribution in [1.82, 2.24) is 25.1 Å². The SMILES string of the molecule is Cc1cccc(Nc2n[nH]c(-c3ccc(Oc4ccnc(C)n4)cc3)n2)c1. The number of aryl methyl sites for hydroxylation is 2. The van der Waals surface area contributed by atoms with Crippen LogP contribution in [0.5, 0.6) is 11.6 Å². The summed E-state index contributed by atoms with van der Waals surface area (Å²) in [6, 6.07) is 17.3. The lowest BCUT2D eigenvalue weighted by molar-refractivity contribution is 0.460. The fourth-order valence-electron chi connectivity index (χ4n) is 2.59. The van der Waals surface area contributed by atoms with E-state index in [2.05, 4.69) is 30.5 Å². The zero-order valence-corrected chi connectivity index (χ0v) is 15.0. The number of hydrogen-bond acceptors (Lipinski definition) is 6. The van der Waals surface area contributed by atoms with Gasteiger partial charge < -0.3 is 10.1 Å². The van der Waals surface area contributed by atoms with E-state index in [0.717, 1.165) is 11.3 Å². The van der Waals surface area contributed by atoms with Gasteiger partial charge in [-0.2, -0.15) is 9.97 Å². The van der Waals surface area contributed by atoms with E-state index >= 15 is 0 Å². The van der Waals surface area contributed by atoms with Gasteiger partial charge in [-0.1, -0.05) is 12.1 Å². The molecule has 2 aromatic carbocycles. The van der Waals surface area contributed by atoms with Gasteiger partial charge in [-0.05, 0) is 55.8 Å². The van der Waals surface area contributed by atoms with E-state index in [1.807, 2.05) is 62.4 Å². The summed E-state index contributed by atoms with van der Waals surface area (Å²) >= 11 is 0. The van der Waals surface area contributed by atoms with E-state index in [9.17, 15) is 0 Å². The van der Waals surface area contributed by atoms with Crippen molar-refractivity contribution in [3.63, 3.8) is 0 Å². The van der Waals surface area contributed by atoms with E-state index in [0.29, 0.717) is 29.2 Å². The summed E-state index contributed by atoms with van der Waals surface area (Å²) in [7, 11) is 0. The lowest BCUT2D eigenvalue weighted by Crippen LogP contribution is -1.92. The van der Waals surface area contributed by atoms with Crippen LogP contribution in [0.3, 0.4) is 0 Å². The van der Waals surface area contributed by atoms with Gasteiger partial charge in [-0.15, -0.1) is 5.10 Å². The van der Waals surface area contributed by atoms with Gasteiger partial charge in [-0.25, -0.2) is 4.98 Å². The molecule has 4 aromatic rings. The Morgan fingerprint density at radius 2 is 1.81 bits per heavy atom. The number of benzene rings is 2. The fourth-order valence-corrected chi connectivity index (χ4v) is 2.59. The Balaban J connectivity index is 1.47. The van der Waals surface area contributed by atoms with Gasteiger partial charge in [0.1, 0.15) is 11.6 Å². The van der Waals surface area contributed by atoms with Gasteiger partial charge in [0.2, 0.25) is 11.8 Å². The number of aromatic amines is 1. The molecule has 0 aliphatic heterocycles. The molecular weight excluding hydrogens is 340 g/mol. The predicted octanol–water partition coefficient (Wildman–Crippen LogP) is 4.41. The highest BCUT2D eigenvalue weighted by molar-refractivity contribution is 5.60. The van der Waals surface area contributed by atoms with Crippen LogP contribution in [0.4, 0.5) is 11.6 Å². The van der Waals surface area contributed by atoms with Crippen LogP contribution in [0.15, 0.2) is 60.8 Å². The molecule has 0 spiro atoms. The summed E-state index contributed by atoms with van der Waals surface area (Å²) in [5.41, 5.74) is 3.03. The Kier molecular flexibility index (Phi) is 4.49. The second-order valence-electron chi connectivity index (χ2n) is 6.07.